The Bertz CT molecular complexity index is 1650. The maximum Gasteiger partial charge on any atom is 0.417 e. The lowest BCUT2D eigenvalue weighted by atomic mass is 9.95. The summed E-state index contributed by atoms with van der Waals surface area (Å²) in [7, 11) is 0. The van der Waals surface area contributed by atoms with E-state index in [9.17, 15) is 17.6 Å². The predicted molar refractivity (Wildman–Crippen MR) is 144 cm³/mol. The van der Waals surface area contributed by atoms with Gasteiger partial charge in [0.2, 0.25) is 0 Å². The highest BCUT2D eigenvalue weighted by atomic mass is 32.1. The van der Waals surface area contributed by atoms with E-state index in [1.807, 2.05) is 4.90 Å². The minimum atomic E-state index is -4.95. The van der Waals surface area contributed by atoms with E-state index in [0.29, 0.717) is 38.6 Å². The second-order valence-corrected chi connectivity index (χ2v) is 11.8. The number of alkyl halides is 3. The summed E-state index contributed by atoms with van der Waals surface area (Å²) >= 11 is 0.779. The van der Waals surface area contributed by atoms with Crippen LogP contribution in [0, 0.1) is 17.6 Å². The number of thiazole rings is 1. The van der Waals surface area contributed by atoms with E-state index in [-0.39, 0.29) is 62.3 Å². The fourth-order valence-electron chi connectivity index (χ4n) is 5.92. The Morgan fingerprint density at radius 1 is 1.07 bits per heavy atom. The molecule has 0 saturated carbocycles. The van der Waals surface area contributed by atoms with Crippen LogP contribution >= 0.6 is 11.3 Å². The molecule has 3 N–H and O–H groups in total. The van der Waals surface area contributed by atoms with Crippen molar-refractivity contribution in [3.63, 3.8) is 0 Å². The normalized spacial score (nSPS) is 21.1. The van der Waals surface area contributed by atoms with Crippen LogP contribution in [0.15, 0.2) is 18.2 Å². The topological polar surface area (TPSA) is 98.4 Å². The van der Waals surface area contributed by atoms with E-state index in [4.69, 9.17) is 15.2 Å². The SMILES string of the molecule is Nc1nc2c(-c3c(C(F)(F)F)cc4c(N5CC6CCC(C5)N6)nc(OCCC5COC5)nc4c3F)ccc(F)c2s1. The highest BCUT2D eigenvalue weighted by Gasteiger charge is 2.39. The number of rotatable bonds is 6. The lowest BCUT2D eigenvalue weighted by Gasteiger charge is -2.34. The molecule has 2 aromatic heterocycles. The van der Waals surface area contributed by atoms with Crippen molar-refractivity contribution in [2.45, 2.75) is 37.5 Å². The molecule has 14 heteroatoms. The molecule has 5 heterocycles. The number of nitrogens with two attached hydrogens (primary N) is 1. The molecule has 7 rings (SSSR count). The number of ether oxygens (including phenoxy) is 2. The number of fused-ring (bicyclic) bond motifs is 4. The molecule has 41 heavy (non-hydrogen) atoms. The summed E-state index contributed by atoms with van der Waals surface area (Å²) in [5, 5.41) is 3.36. The summed E-state index contributed by atoms with van der Waals surface area (Å²) in [4.78, 5) is 14.7. The van der Waals surface area contributed by atoms with Crippen molar-refractivity contribution in [2.24, 2.45) is 5.92 Å². The van der Waals surface area contributed by atoms with Gasteiger partial charge in [0.25, 0.3) is 0 Å². The first kappa shape index (κ1) is 26.5. The lowest BCUT2D eigenvalue weighted by Crippen LogP contribution is -2.51. The Hall–Kier alpha value is -3.36. The third kappa shape index (κ3) is 4.71. The molecule has 0 spiro atoms. The third-order valence-corrected chi connectivity index (χ3v) is 8.85. The number of piperazine rings is 1. The number of hydrogen-bond acceptors (Lipinski definition) is 9. The number of benzene rings is 2. The van der Waals surface area contributed by atoms with Gasteiger partial charge in [-0.15, -0.1) is 0 Å². The van der Waals surface area contributed by atoms with Crippen LogP contribution in [0.25, 0.3) is 32.2 Å². The maximum atomic E-state index is 16.5. The van der Waals surface area contributed by atoms with Crippen LogP contribution in [0.3, 0.4) is 0 Å². The molecule has 8 nitrogen and oxygen atoms in total. The average molecular weight is 593 g/mol. The van der Waals surface area contributed by atoms with Gasteiger partial charge in [-0.2, -0.15) is 23.1 Å². The van der Waals surface area contributed by atoms with Crippen LogP contribution in [-0.2, 0) is 10.9 Å². The smallest absolute Gasteiger partial charge is 0.417 e. The standard InChI is InChI=1S/C27H25F5N6O2S/c28-18-4-3-15(22-23(18)41-25(33)35-22)19-17(27(30,31)32)7-16-21(20(19)29)36-26(40-6-5-12-10-39-11-12)37-24(16)38-8-13-1-2-14(9-38)34-13/h3-4,7,12-14,34H,1-2,5-6,8-11H2,(H2,33,35). The van der Waals surface area contributed by atoms with Crippen molar-refractivity contribution in [3.05, 3.63) is 35.4 Å². The van der Waals surface area contributed by atoms with E-state index in [1.165, 1.54) is 0 Å². The van der Waals surface area contributed by atoms with Gasteiger partial charge in [0.1, 0.15) is 17.2 Å². The number of halogens is 5. The minimum absolute atomic E-state index is 0.0494. The Kier molecular flexibility index (Phi) is 6.39. The van der Waals surface area contributed by atoms with Gasteiger partial charge in [0.05, 0.1) is 35.6 Å². The van der Waals surface area contributed by atoms with Crippen molar-refractivity contribution < 1.29 is 31.4 Å². The van der Waals surface area contributed by atoms with Crippen LogP contribution in [0.2, 0.25) is 0 Å². The van der Waals surface area contributed by atoms with Gasteiger partial charge in [0, 0.05) is 47.6 Å². The molecule has 3 aliphatic rings. The molecular formula is C27H25F5N6O2S. The van der Waals surface area contributed by atoms with Gasteiger partial charge in [-0.05, 0) is 37.5 Å². The Morgan fingerprint density at radius 3 is 2.51 bits per heavy atom. The molecule has 0 amide bonds. The number of nitrogens with zero attached hydrogens (tertiary/aromatic N) is 4. The highest BCUT2D eigenvalue weighted by Crippen LogP contribution is 2.46. The predicted octanol–water partition coefficient (Wildman–Crippen LogP) is 5.14. The fraction of sp³-hybridized carbons (Fsp3) is 0.444. The van der Waals surface area contributed by atoms with E-state index in [1.54, 1.807) is 0 Å². The van der Waals surface area contributed by atoms with E-state index < -0.39 is 28.9 Å². The van der Waals surface area contributed by atoms with Gasteiger partial charge in [0.15, 0.2) is 10.9 Å². The third-order valence-electron chi connectivity index (χ3n) is 7.96. The zero-order valence-electron chi connectivity index (χ0n) is 21.6. The number of hydrogen-bond donors (Lipinski definition) is 2. The maximum absolute atomic E-state index is 16.5. The number of anilines is 2. The van der Waals surface area contributed by atoms with E-state index >= 15 is 4.39 Å². The van der Waals surface area contributed by atoms with E-state index in [2.05, 4.69) is 20.3 Å². The first-order valence-electron chi connectivity index (χ1n) is 13.3. The van der Waals surface area contributed by atoms with Crippen LogP contribution in [0.4, 0.5) is 32.9 Å². The van der Waals surface area contributed by atoms with Gasteiger partial charge in [-0.25, -0.2) is 13.8 Å². The monoisotopic (exact) mass is 592 g/mol. The molecule has 2 bridgehead atoms. The van der Waals surface area contributed by atoms with Crippen LogP contribution in [0.1, 0.15) is 24.8 Å². The summed E-state index contributed by atoms with van der Waals surface area (Å²) in [5.74, 6) is -1.40. The van der Waals surface area contributed by atoms with Gasteiger partial charge < -0.3 is 25.4 Å². The van der Waals surface area contributed by atoms with Crippen molar-refractivity contribution in [1.82, 2.24) is 20.3 Å². The van der Waals surface area contributed by atoms with Crippen molar-refractivity contribution in [1.29, 1.82) is 0 Å². The Morgan fingerprint density at radius 2 is 1.83 bits per heavy atom. The largest absolute Gasteiger partial charge is 0.463 e. The molecule has 2 atom stereocenters. The fourth-order valence-corrected chi connectivity index (χ4v) is 6.68. The summed E-state index contributed by atoms with van der Waals surface area (Å²) in [5.41, 5.74) is 3.06. The van der Waals surface area contributed by atoms with Crippen LogP contribution in [0.5, 0.6) is 6.01 Å². The van der Waals surface area contributed by atoms with Gasteiger partial charge in [-0.1, -0.05) is 11.3 Å². The molecule has 0 radical (unpaired) electrons. The zero-order valence-corrected chi connectivity index (χ0v) is 22.4. The van der Waals surface area contributed by atoms with Gasteiger partial charge >= 0.3 is 12.2 Å². The molecule has 4 aromatic rings. The molecule has 3 aliphatic heterocycles. The number of nitrogens with one attached hydrogen (secondary N) is 1. The Balaban J connectivity index is 1.43. The quantitative estimate of drug-likeness (QED) is 0.297. The molecule has 3 fully saturated rings. The molecule has 0 aliphatic carbocycles. The summed E-state index contributed by atoms with van der Waals surface area (Å²) in [6.45, 7) is 2.51. The van der Waals surface area contributed by atoms with E-state index in [0.717, 1.165) is 42.4 Å². The minimum Gasteiger partial charge on any atom is -0.463 e. The second-order valence-electron chi connectivity index (χ2n) is 10.7. The highest BCUT2D eigenvalue weighted by molar-refractivity contribution is 7.22. The molecule has 2 unspecified atom stereocenters. The molecule has 3 saturated heterocycles. The molecule has 2 aromatic carbocycles. The second kappa shape index (κ2) is 9.88. The summed E-state index contributed by atoms with van der Waals surface area (Å²) < 4.78 is 85.9. The lowest BCUT2D eigenvalue weighted by molar-refractivity contribution is -0.137. The number of nitrogen functional groups attached to an aromatic ring is 1. The van der Waals surface area contributed by atoms with Crippen LogP contribution in [-0.4, -0.2) is 59.9 Å². The zero-order chi connectivity index (χ0) is 28.5. The molecule has 216 valence electrons. The Labute approximate surface area is 234 Å². The van der Waals surface area contributed by atoms with Crippen molar-refractivity contribution in [3.8, 4) is 17.1 Å². The first-order valence-corrected chi connectivity index (χ1v) is 14.1. The summed E-state index contributed by atoms with van der Waals surface area (Å²) in [6, 6.07) is 3.13. The summed E-state index contributed by atoms with van der Waals surface area (Å²) in [6.07, 6.45) is -2.41. The first-order chi connectivity index (χ1) is 19.7. The number of aromatic nitrogens is 3. The van der Waals surface area contributed by atoms with Crippen molar-refractivity contribution in [2.75, 3.05) is 43.5 Å². The van der Waals surface area contributed by atoms with Crippen molar-refractivity contribution >= 4 is 43.4 Å². The molecular weight excluding hydrogens is 567 g/mol. The van der Waals surface area contributed by atoms with Crippen LogP contribution < -0.4 is 20.7 Å². The van der Waals surface area contributed by atoms with Gasteiger partial charge in [-0.3, -0.25) is 0 Å². The average Bonchev–Trinajstić information content (AvgIpc) is 3.46.